The third-order valence-electron chi connectivity index (χ3n) is 2.32. The number of halogens is 2. The lowest BCUT2D eigenvalue weighted by Crippen LogP contribution is -2.04. The Morgan fingerprint density at radius 2 is 2.18 bits per heavy atom. The zero-order chi connectivity index (χ0) is 12.3. The van der Waals surface area contributed by atoms with Crippen LogP contribution in [0.1, 0.15) is 15.9 Å². The van der Waals surface area contributed by atoms with Crippen molar-refractivity contribution in [1.29, 1.82) is 0 Å². The van der Waals surface area contributed by atoms with E-state index >= 15 is 0 Å². The molecule has 0 radical (unpaired) electrons. The Balaban J connectivity index is 2.21. The molecular weight excluding hydrogens is 302 g/mol. The molecule has 17 heavy (non-hydrogen) atoms. The third-order valence-corrected chi connectivity index (χ3v) is 3.21. The first-order valence-corrected chi connectivity index (χ1v) is 6.21. The topological polar surface area (TPSA) is 30.0 Å². The molecule has 0 amide bonds. The zero-order valence-electron chi connectivity index (χ0n) is 8.86. The summed E-state index contributed by atoms with van der Waals surface area (Å²) in [5.41, 5.74) is 1.54. The van der Waals surface area contributed by atoms with E-state index in [1.54, 1.807) is 30.6 Å². The number of nitrogens with zero attached hydrogens (tertiary/aromatic N) is 1. The van der Waals surface area contributed by atoms with Crippen LogP contribution >= 0.6 is 27.5 Å². The molecule has 0 aliphatic carbocycles. The Labute approximate surface area is 113 Å². The predicted octanol–water partition coefficient (Wildman–Crippen LogP) is 3.92. The molecular formula is C13H9BrClNO. The molecule has 2 aromatic rings. The van der Waals surface area contributed by atoms with Crippen molar-refractivity contribution in [3.05, 3.63) is 63.3 Å². The van der Waals surface area contributed by atoms with Crippen molar-refractivity contribution in [2.75, 3.05) is 0 Å². The SMILES string of the molecule is O=C(Cc1cccnc1)c1ccc(Cl)cc1Br. The van der Waals surface area contributed by atoms with Gasteiger partial charge in [-0.2, -0.15) is 0 Å². The molecule has 0 atom stereocenters. The molecule has 4 heteroatoms. The van der Waals surface area contributed by atoms with Crippen LogP contribution in [0.2, 0.25) is 5.02 Å². The molecule has 0 saturated heterocycles. The lowest BCUT2D eigenvalue weighted by atomic mass is 10.0. The van der Waals surface area contributed by atoms with Crippen LogP contribution in [0.4, 0.5) is 0 Å². The monoisotopic (exact) mass is 309 g/mol. The molecule has 1 heterocycles. The highest BCUT2D eigenvalue weighted by Crippen LogP contribution is 2.22. The summed E-state index contributed by atoms with van der Waals surface area (Å²) in [5.74, 6) is 0.0431. The molecule has 0 bridgehead atoms. The van der Waals surface area contributed by atoms with Crippen LogP contribution in [-0.4, -0.2) is 10.8 Å². The molecule has 0 N–H and O–H groups in total. The van der Waals surface area contributed by atoms with Gasteiger partial charge < -0.3 is 0 Å². The first kappa shape index (κ1) is 12.3. The summed E-state index contributed by atoms with van der Waals surface area (Å²) in [6.07, 6.45) is 3.72. The van der Waals surface area contributed by atoms with E-state index < -0.39 is 0 Å². The van der Waals surface area contributed by atoms with Crippen LogP contribution in [0.15, 0.2) is 47.2 Å². The maximum atomic E-state index is 12.0. The van der Waals surface area contributed by atoms with Crippen LogP contribution in [0, 0.1) is 0 Å². The van der Waals surface area contributed by atoms with Gasteiger partial charge in [0.25, 0.3) is 0 Å². The maximum Gasteiger partial charge on any atom is 0.168 e. The van der Waals surface area contributed by atoms with E-state index in [2.05, 4.69) is 20.9 Å². The van der Waals surface area contributed by atoms with Gasteiger partial charge in [0, 0.05) is 33.9 Å². The molecule has 2 rings (SSSR count). The van der Waals surface area contributed by atoms with Crippen molar-refractivity contribution in [3.8, 4) is 0 Å². The summed E-state index contributed by atoms with van der Waals surface area (Å²) in [6, 6.07) is 8.86. The van der Waals surface area contributed by atoms with Gasteiger partial charge in [-0.1, -0.05) is 17.7 Å². The van der Waals surface area contributed by atoms with Crippen molar-refractivity contribution < 1.29 is 4.79 Å². The summed E-state index contributed by atoms with van der Waals surface area (Å²) < 4.78 is 0.721. The average molecular weight is 311 g/mol. The lowest BCUT2D eigenvalue weighted by molar-refractivity contribution is 0.0992. The number of carbonyl (C=O) groups excluding carboxylic acids is 1. The summed E-state index contributed by atoms with van der Waals surface area (Å²) >= 11 is 9.17. The number of aromatic nitrogens is 1. The van der Waals surface area contributed by atoms with Crippen LogP contribution in [0.5, 0.6) is 0 Å². The fraction of sp³-hybridized carbons (Fsp3) is 0.0769. The van der Waals surface area contributed by atoms with Gasteiger partial charge >= 0.3 is 0 Å². The van der Waals surface area contributed by atoms with Crippen LogP contribution in [0.25, 0.3) is 0 Å². The molecule has 0 saturated carbocycles. The Hall–Kier alpha value is -1.19. The Morgan fingerprint density at radius 3 is 2.82 bits per heavy atom. The maximum absolute atomic E-state index is 12.0. The lowest BCUT2D eigenvalue weighted by Gasteiger charge is -2.04. The van der Waals surface area contributed by atoms with Gasteiger partial charge in [0.1, 0.15) is 0 Å². The highest BCUT2D eigenvalue weighted by Gasteiger charge is 2.11. The molecule has 2 nitrogen and oxygen atoms in total. The van der Waals surface area contributed by atoms with E-state index in [0.29, 0.717) is 17.0 Å². The number of ketones is 1. The van der Waals surface area contributed by atoms with Gasteiger partial charge in [0.05, 0.1) is 0 Å². The van der Waals surface area contributed by atoms with Crippen molar-refractivity contribution >= 4 is 33.3 Å². The molecule has 0 spiro atoms. The fourth-order valence-corrected chi connectivity index (χ4v) is 2.40. The largest absolute Gasteiger partial charge is 0.294 e. The average Bonchev–Trinajstić information content (AvgIpc) is 2.30. The second kappa shape index (κ2) is 5.43. The third kappa shape index (κ3) is 3.14. The van der Waals surface area contributed by atoms with Crippen molar-refractivity contribution in [1.82, 2.24) is 4.98 Å². The van der Waals surface area contributed by atoms with Gasteiger partial charge in [-0.25, -0.2) is 0 Å². The number of pyridine rings is 1. The van der Waals surface area contributed by atoms with E-state index in [9.17, 15) is 4.79 Å². The highest BCUT2D eigenvalue weighted by atomic mass is 79.9. The van der Waals surface area contributed by atoms with E-state index in [1.165, 1.54) is 0 Å². The molecule has 1 aromatic carbocycles. The van der Waals surface area contributed by atoms with Gasteiger partial charge in [0.15, 0.2) is 5.78 Å². The molecule has 86 valence electrons. The van der Waals surface area contributed by atoms with Gasteiger partial charge in [-0.3, -0.25) is 9.78 Å². The minimum Gasteiger partial charge on any atom is -0.294 e. The molecule has 0 unspecified atom stereocenters. The Morgan fingerprint density at radius 1 is 1.35 bits per heavy atom. The highest BCUT2D eigenvalue weighted by molar-refractivity contribution is 9.10. The van der Waals surface area contributed by atoms with Gasteiger partial charge in [0.2, 0.25) is 0 Å². The fourth-order valence-electron chi connectivity index (χ4n) is 1.50. The van der Waals surface area contributed by atoms with E-state index in [4.69, 9.17) is 11.6 Å². The number of carbonyl (C=O) groups is 1. The second-order valence-electron chi connectivity index (χ2n) is 3.59. The summed E-state index contributed by atoms with van der Waals surface area (Å²) in [5, 5.41) is 0.606. The van der Waals surface area contributed by atoms with Crippen molar-refractivity contribution in [2.24, 2.45) is 0 Å². The standard InChI is InChI=1S/C13H9BrClNO/c14-12-7-10(15)3-4-11(12)13(17)6-9-2-1-5-16-8-9/h1-5,7-8H,6H2. The van der Waals surface area contributed by atoms with Crippen molar-refractivity contribution in [2.45, 2.75) is 6.42 Å². The number of hydrogen-bond acceptors (Lipinski definition) is 2. The van der Waals surface area contributed by atoms with E-state index in [-0.39, 0.29) is 5.78 Å². The zero-order valence-corrected chi connectivity index (χ0v) is 11.2. The smallest absolute Gasteiger partial charge is 0.168 e. The molecule has 0 aliphatic rings. The number of hydrogen-bond donors (Lipinski definition) is 0. The van der Waals surface area contributed by atoms with E-state index in [1.807, 2.05) is 12.1 Å². The normalized spacial score (nSPS) is 10.2. The van der Waals surface area contributed by atoms with Gasteiger partial charge in [-0.05, 0) is 45.8 Å². The van der Waals surface area contributed by atoms with Crippen molar-refractivity contribution in [3.63, 3.8) is 0 Å². The molecule has 1 aromatic heterocycles. The second-order valence-corrected chi connectivity index (χ2v) is 4.88. The summed E-state index contributed by atoms with van der Waals surface area (Å²) in [7, 11) is 0. The Kier molecular flexibility index (Phi) is 3.92. The minimum atomic E-state index is 0.0431. The summed E-state index contributed by atoms with van der Waals surface area (Å²) in [4.78, 5) is 16.0. The quantitative estimate of drug-likeness (QED) is 0.804. The first-order chi connectivity index (χ1) is 8.16. The summed E-state index contributed by atoms with van der Waals surface area (Å²) in [6.45, 7) is 0. The Bertz CT molecular complexity index is 542. The number of rotatable bonds is 3. The van der Waals surface area contributed by atoms with E-state index in [0.717, 1.165) is 10.0 Å². The predicted molar refractivity (Wildman–Crippen MR) is 71.4 cm³/mol. The molecule has 0 aliphatic heterocycles. The first-order valence-electron chi connectivity index (χ1n) is 5.04. The number of Topliss-reactive ketones (excluding diaryl/α,β-unsaturated/α-hetero) is 1. The molecule has 0 fully saturated rings. The minimum absolute atomic E-state index is 0.0431. The van der Waals surface area contributed by atoms with Crippen LogP contribution < -0.4 is 0 Å². The van der Waals surface area contributed by atoms with Gasteiger partial charge in [-0.15, -0.1) is 0 Å². The van der Waals surface area contributed by atoms with Crippen LogP contribution in [-0.2, 0) is 6.42 Å². The number of benzene rings is 1. The van der Waals surface area contributed by atoms with Crippen LogP contribution in [0.3, 0.4) is 0 Å².